The SMILES string of the molecule is Cc1cc(N)c2c(OCC(C)(C)NC(=O)C3CCOC3)cccc2n1.O=C=O. The van der Waals surface area contributed by atoms with E-state index in [1.54, 1.807) is 0 Å². The van der Waals surface area contributed by atoms with Gasteiger partial charge >= 0.3 is 6.15 Å². The minimum Gasteiger partial charge on any atom is -0.490 e. The number of carbonyl (C=O) groups excluding carboxylic acids is 3. The molecule has 3 rings (SSSR count). The highest BCUT2D eigenvalue weighted by Crippen LogP contribution is 2.30. The summed E-state index contributed by atoms with van der Waals surface area (Å²) in [6.45, 7) is 7.27. The second kappa shape index (κ2) is 9.30. The molecular weight excluding hydrogens is 362 g/mol. The second-order valence-corrected chi connectivity index (χ2v) is 7.31. The number of nitrogens with two attached hydrogens (primary N) is 1. The van der Waals surface area contributed by atoms with Gasteiger partial charge < -0.3 is 20.5 Å². The molecule has 8 nitrogen and oxygen atoms in total. The van der Waals surface area contributed by atoms with Crippen molar-refractivity contribution in [2.75, 3.05) is 25.6 Å². The van der Waals surface area contributed by atoms with Crippen LogP contribution in [-0.2, 0) is 19.1 Å². The Kier molecular flexibility index (Phi) is 7.09. The summed E-state index contributed by atoms with van der Waals surface area (Å²) in [7, 11) is 0. The summed E-state index contributed by atoms with van der Waals surface area (Å²) in [5.41, 5.74) is 7.97. The average molecular weight is 387 g/mol. The second-order valence-electron chi connectivity index (χ2n) is 7.31. The quantitative estimate of drug-likeness (QED) is 0.803. The predicted molar refractivity (Wildman–Crippen MR) is 103 cm³/mol. The van der Waals surface area contributed by atoms with Crippen LogP contribution in [0.1, 0.15) is 26.0 Å². The first-order valence-electron chi connectivity index (χ1n) is 8.95. The minimum absolute atomic E-state index is 0.0147. The van der Waals surface area contributed by atoms with Crippen LogP contribution in [0.5, 0.6) is 5.75 Å². The van der Waals surface area contributed by atoms with E-state index in [9.17, 15) is 4.79 Å². The van der Waals surface area contributed by atoms with Crippen molar-refractivity contribution in [3.63, 3.8) is 0 Å². The number of carbonyl (C=O) groups is 1. The maximum Gasteiger partial charge on any atom is 0.373 e. The molecule has 8 heteroatoms. The van der Waals surface area contributed by atoms with Gasteiger partial charge in [-0.25, -0.2) is 0 Å². The molecule has 1 aliphatic rings. The van der Waals surface area contributed by atoms with Gasteiger partial charge in [0.1, 0.15) is 12.4 Å². The first-order valence-corrected chi connectivity index (χ1v) is 8.95. The number of rotatable bonds is 5. The molecule has 0 bridgehead atoms. The molecule has 1 aromatic heterocycles. The fourth-order valence-corrected chi connectivity index (χ4v) is 3.01. The predicted octanol–water partition coefficient (Wildman–Crippen LogP) is 1.85. The molecule has 1 aromatic carbocycles. The Hall–Kier alpha value is -2.96. The molecule has 1 fully saturated rings. The zero-order valence-corrected chi connectivity index (χ0v) is 16.3. The van der Waals surface area contributed by atoms with Gasteiger partial charge in [-0.05, 0) is 45.4 Å². The van der Waals surface area contributed by atoms with Crippen LogP contribution in [0.4, 0.5) is 5.69 Å². The van der Waals surface area contributed by atoms with Crippen molar-refractivity contribution in [2.45, 2.75) is 32.7 Å². The number of nitrogens with zero attached hydrogens (tertiary/aromatic N) is 1. The van der Waals surface area contributed by atoms with Crippen LogP contribution in [0.15, 0.2) is 24.3 Å². The number of fused-ring (bicyclic) bond motifs is 1. The summed E-state index contributed by atoms with van der Waals surface area (Å²) in [4.78, 5) is 33.0. The van der Waals surface area contributed by atoms with Gasteiger partial charge in [-0.3, -0.25) is 9.78 Å². The molecule has 1 atom stereocenters. The summed E-state index contributed by atoms with van der Waals surface area (Å²) in [6.07, 6.45) is 1.02. The zero-order valence-electron chi connectivity index (χ0n) is 16.3. The molecule has 1 aliphatic heterocycles. The molecule has 150 valence electrons. The van der Waals surface area contributed by atoms with Gasteiger partial charge in [-0.15, -0.1) is 0 Å². The number of hydrogen-bond acceptors (Lipinski definition) is 7. The lowest BCUT2D eigenvalue weighted by molar-refractivity contribution is -0.191. The van der Waals surface area contributed by atoms with E-state index in [1.165, 1.54) is 0 Å². The number of ether oxygens (including phenoxy) is 2. The van der Waals surface area contributed by atoms with Crippen molar-refractivity contribution in [1.29, 1.82) is 0 Å². The van der Waals surface area contributed by atoms with Gasteiger partial charge in [0, 0.05) is 18.0 Å². The van der Waals surface area contributed by atoms with E-state index in [1.807, 2.05) is 45.0 Å². The number of benzene rings is 1. The lowest BCUT2D eigenvalue weighted by Crippen LogP contribution is -2.50. The lowest BCUT2D eigenvalue weighted by atomic mass is 10.0. The molecule has 28 heavy (non-hydrogen) atoms. The van der Waals surface area contributed by atoms with Crippen molar-refractivity contribution >= 4 is 28.6 Å². The van der Waals surface area contributed by atoms with Gasteiger partial charge in [0.25, 0.3) is 0 Å². The first-order chi connectivity index (χ1) is 13.3. The summed E-state index contributed by atoms with van der Waals surface area (Å²) < 4.78 is 11.3. The van der Waals surface area contributed by atoms with Gasteiger partial charge in [-0.2, -0.15) is 9.59 Å². The number of hydrogen-bond donors (Lipinski definition) is 2. The van der Waals surface area contributed by atoms with Crippen molar-refractivity contribution in [3.05, 3.63) is 30.0 Å². The zero-order chi connectivity index (χ0) is 20.7. The number of amides is 1. The van der Waals surface area contributed by atoms with Crippen molar-refractivity contribution in [1.82, 2.24) is 10.3 Å². The Balaban J connectivity index is 0.000000878. The molecule has 0 spiro atoms. The maximum absolute atomic E-state index is 12.3. The largest absolute Gasteiger partial charge is 0.490 e. The monoisotopic (exact) mass is 387 g/mol. The topological polar surface area (TPSA) is 121 Å². The highest BCUT2D eigenvalue weighted by atomic mass is 16.5. The van der Waals surface area contributed by atoms with Crippen LogP contribution in [-0.4, -0.2) is 42.4 Å². The molecule has 2 aromatic rings. The summed E-state index contributed by atoms with van der Waals surface area (Å²) in [5.74, 6) is 0.620. The summed E-state index contributed by atoms with van der Waals surface area (Å²) >= 11 is 0. The first kappa shape index (κ1) is 21.3. The highest BCUT2D eigenvalue weighted by molar-refractivity contribution is 5.95. The van der Waals surface area contributed by atoms with Crippen LogP contribution >= 0.6 is 0 Å². The Morgan fingerprint density at radius 1 is 1.43 bits per heavy atom. The molecule has 2 heterocycles. The highest BCUT2D eigenvalue weighted by Gasteiger charge is 2.29. The van der Waals surface area contributed by atoms with Crippen molar-refractivity contribution < 1.29 is 23.9 Å². The number of pyridine rings is 1. The van der Waals surface area contributed by atoms with E-state index in [2.05, 4.69) is 10.3 Å². The Labute approximate surface area is 163 Å². The van der Waals surface area contributed by atoms with E-state index in [-0.39, 0.29) is 18.0 Å². The van der Waals surface area contributed by atoms with E-state index in [4.69, 9.17) is 24.8 Å². The van der Waals surface area contributed by atoms with Crippen molar-refractivity contribution in [3.8, 4) is 5.75 Å². The van der Waals surface area contributed by atoms with E-state index >= 15 is 0 Å². The van der Waals surface area contributed by atoms with Gasteiger partial charge in [-0.1, -0.05) is 6.07 Å². The number of aromatic nitrogens is 1. The third-order valence-electron chi connectivity index (χ3n) is 4.30. The van der Waals surface area contributed by atoms with E-state index in [0.717, 1.165) is 23.0 Å². The third-order valence-corrected chi connectivity index (χ3v) is 4.30. The van der Waals surface area contributed by atoms with E-state index < -0.39 is 5.54 Å². The Morgan fingerprint density at radius 2 is 2.14 bits per heavy atom. The van der Waals surface area contributed by atoms with Crippen LogP contribution in [0.2, 0.25) is 0 Å². The average Bonchev–Trinajstić information content (AvgIpc) is 3.14. The number of aryl methyl sites for hydroxylation is 1. The molecule has 1 saturated heterocycles. The van der Waals surface area contributed by atoms with Gasteiger partial charge in [0.15, 0.2) is 0 Å². The van der Waals surface area contributed by atoms with Crippen LogP contribution in [0, 0.1) is 12.8 Å². The van der Waals surface area contributed by atoms with E-state index in [0.29, 0.717) is 31.3 Å². The number of nitrogen functional groups attached to an aromatic ring is 1. The molecule has 1 amide bonds. The normalized spacial score (nSPS) is 16.0. The van der Waals surface area contributed by atoms with Crippen LogP contribution in [0.3, 0.4) is 0 Å². The molecular formula is C20H25N3O5. The lowest BCUT2D eigenvalue weighted by Gasteiger charge is -2.28. The molecule has 0 saturated carbocycles. The van der Waals surface area contributed by atoms with Crippen molar-refractivity contribution in [2.24, 2.45) is 5.92 Å². The van der Waals surface area contributed by atoms with Gasteiger partial charge in [0.05, 0.1) is 29.0 Å². The van der Waals surface area contributed by atoms with Crippen LogP contribution < -0.4 is 15.8 Å². The third kappa shape index (κ3) is 5.52. The Bertz CT molecular complexity index is 870. The molecule has 0 aliphatic carbocycles. The summed E-state index contributed by atoms with van der Waals surface area (Å²) in [5, 5.41) is 3.85. The smallest absolute Gasteiger partial charge is 0.373 e. The standard InChI is InChI=1S/C19H25N3O3.CO2/c1-12-9-14(20)17-15(21-12)5-4-6-16(17)25-11-19(2,3)22-18(23)13-7-8-24-10-13;2-1-3/h4-6,9,13H,7-8,10-11H2,1-3H3,(H2,20,21)(H,22,23);. The minimum atomic E-state index is -0.505. The maximum atomic E-state index is 12.3. The number of anilines is 1. The van der Waals surface area contributed by atoms with Gasteiger partial charge in [0.2, 0.25) is 5.91 Å². The fourth-order valence-electron chi connectivity index (χ4n) is 3.01. The number of nitrogens with one attached hydrogen (secondary N) is 1. The molecule has 0 radical (unpaired) electrons. The summed E-state index contributed by atoms with van der Waals surface area (Å²) in [6, 6.07) is 7.52. The van der Waals surface area contributed by atoms with Crippen LogP contribution in [0.25, 0.3) is 10.9 Å². The fraction of sp³-hybridized carbons (Fsp3) is 0.450. The molecule has 1 unspecified atom stereocenters. The molecule has 3 N–H and O–H groups in total. The Morgan fingerprint density at radius 3 is 2.79 bits per heavy atom.